The Hall–Kier alpha value is -3.86. The lowest BCUT2D eigenvalue weighted by atomic mass is 9.97. The van der Waals surface area contributed by atoms with Gasteiger partial charge in [0, 0.05) is 12.6 Å². The first-order valence-corrected chi connectivity index (χ1v) is 18.9. The van der Waals surface area contributed by atoms with E-state index >= 15 is 0 Å². The molecule has 0 saturated heterocycles. The normalized spacial score (nSPS) is 15.2. The van der Waals surface area contributed by atoms with Crippen LogP contribution in [-0.2, 0) is 15.8 Å². The molecule has 10 heteroatoms. The Morgan fingerprint density at radius 3 is 2.53 bits per heavy atom. The van der Waals surface area contributed by atoms with Gasteiger partial charge in [0.25, 0.3) is 5.91 Å². The summed E-state index contributed by atoms with van der Waals surface area (Å²) in [6, 6.07) is 14.7. The average molecular weight is 649 g/mol. The minimum absolute atomic E-state index is 0.0161. The number of anilines is 1. The van der Waals surface area contributed by atoms with E-state index in [0.29, 0.717) is 31.1 Å². The van der Waals surface area contributed by atoms with E-state index in [1.807, 2.05) is 35.2 Å². The third-order valence-electron chi connectivity index (χ3n) is 8.33. The quantitative estimate of drug-likeness (QED) is 0.157. The minimum Gasteiger partial charge on any atom is -0.493 e. The highest BCUT2D eigenvalue weighted by molar-refractivity contribution is 7.08. The van der Waals surface area contributed by atoms with Crippen molar-refractivity contribution in [2.45, 2.75) is 58.0 Å². The zero-order chi connectivity index (χ0) is 32.6. The Morgan fingerprint density at radius 2 is 1.89 bits per heavy atom. The first-order valence-electron chi connectivity index (χ1n) is 15.0. The molecule has 0 fully saturated rings. The van der Waals surface area contributed by atoms with Crippen molar-refractivity contribution in [2.75, 3.05) is 32.2 Å². The molecule has 8 nitrogen and oxygen atoms in total. The summed E-state index contributed by atoms with van der Waals surface area (Å²) in [4.78, 5) is 29.0. The summed E-state index contributed by atoms with van der Waals surface area (Å²) in [5.41, 5.74) is 3.84. The Balaban J connectivity index is 1.70. The van der Waals surface area contributed by atoms with Crippen molar-refractivity contribution in [3.63, 3.8) is 0 Å². The third kappa shape index (κ3) is 8.65. The fourth-order valence-electron chi connectivity index (χ4n) is 4.68. The molecule has 45 heavy (non-hydrogen) atoms. The first kappa shape index (κ1) is 34.0. The van der Waals surface area contributed by atoms with Crippen LogP contribution in [0.1, 0.15) is 48.7 Å². The second kappa shape index (κ2) is 14.9. The number of hydrogen-bond donors (Lipinski definition) is 1. The Bertz CT molecular complexity index is 1500. The number of thiophene rings is 1. The fraction of sp³-hybridized carbons (Fsp3) is 0.371. The molecular weight excluding hydrogens is 605 g/mol. The summed E-state index contributed by atoms with van der Waals surface area (Å²) in [6.45, 7) is 15.8. The average Bonchev–Trinajstić information content (AvgIpc) is 3.57. The van der Waals surface area contributed by atoms with Crippen LogP contribution in [0, 0.1) is 0 Å². The second-order valence-corrected chi connectivity index (χ2v) is 18.0. The Kier molecular flexibility index (Phi) is 11.3. The van der Waals surface area contributed by atoms with E-state index in [-0.39, 0.29) is 41.5 Å². The summed E-state index contributed by atoms with van der Waals surface area (Å²) in [5, 5.41) is 6.95. The maximum Gasteiger partial charge on any atom is 0.411 e. The van der Waals surface area contributed by atoms with Gasteiger partial charge >= 0.3 is 6.09 Å². The van der Waals surface area contributed by atoms with Gasteiger partial charge in [0.1, 0.15) is 13.2 Å². The van der Waals surface area contributed by atoms with Crippen LogP contribution in [0.3, 0.4) is 0 Å². The lowest BCUT2D eigenvalue weighted by Gasteiger charge is -2.40. The highest BCUT2D eigenvalue weighted by Gasteiger charge is 2.39. The molecular formula is C35H44N2O6SSi. The van der Waals surface area contributed by atoms with Gasteiger partial charge in [-0.3, -0.25) is 10.1 Å². The van der Waals surface area contributed by atoms with Crippen LogP contribution < -0.4 is 14.8 Å². The van der Waals surface area contributed by atoms with E-state index < -0.39 is 14.4 Å². The van der Waals surface area contributed by atoms with Crippen LogP contribution in [0.2, 0.25) is 18.1 Å². The lowest BCUT2D eigenvalue weighted by molar-refractivity contribution is 0.0654. The number of ether oxygens (including phenoxy) is 3. The molecule has 4 rings (SSSR count). The van der Waals surface area contributed by atoms with Gasteiger partial charge in [0.2, 0.25) is 0 Å². The van der Waals surface area contributed by atoms with Gasteiger partial charge in [0.05, 0.1) is 31.0 Å². The van der Waals surface area contributed by atoms with E-state index in [0.717, 1.165) is 5.56 Å². The summed E-state index contributed by atoms with van der Waals surface area (Å²) in [5.74, 6) is 0.499. The van der Waals surface area contributed by atoms with E-state index in [1.54, 1.807) is 23.5 Å². The molecule has 1 N–H and O–H groups in total. The number of amides is 2. The molecule has 1 atom stereocenters. The van der Waals surface area contributed by atoms with Crippen LogP contribution in [0.25, 0.3) is 5.57 Å². The predicted molar refractivity (Wildman–Crippen MR) is 184 cm³/mol. The van der Waals surface area contributed by atoms with Crippen molar-refractivity contribution in [3.05, 3.63) is 94.7 Å². The van der Waals surface area contributed by atoms with Crippen molar-refractivity contribution >= 4 is 42.9 Å². The van der Waals surface area contributed by atoms with Gasteiger partial charge in [-0.2, -0.15) is 11.3 Å². The maximum atomic E-state index is 14.4. The van der Waals surface area contributed by atoms with Gasteiger partial charge in [-0.1, -0.05) is 69.8 Å². The number of nitrogens with one attached hydrogen (secondary N) is 1. The van der Waals surface area contributed by atoms with Gasteiger partial charge < -0.3 is 23.5 Å². The van der Waals surface area contributed by atoms with Gasteiger partial charge in [-0.25, -0.2) is 4.79 Å². The molecule has 0 aliphatic carbocycles. The summed E-state index contributed by atoms with van der Waals surface area (Å²) in [7, 11) is -0.584. The highest BCUT2D eigenvalue weighted by Crippen LogP contribution is 2.39. The minimum atomic E-state index is -2.11. The largest absolute Gasteiger partial charge is 0.493 e. The summed E-state index contributed by atoms with van der Waals surface area (Å²) < 4.78 is 23.6. The van der Waals surface area contributed by atoms with Crippen molar-refractivity contribution in [1.29, 1.82) is 0 Å². The molecule has 3 aromatic rings. The summed E-state index contributed by atoms with van der Waals surface area (Å²) >= 11 is 1.65. The molecule has 0 saturated carbocycles. The fourth-order valence-corrected chi connectivity index (χ4v) is 6.38. The van der Waals surface area contributed by atoms with Crippen molar-refractivity contribution in [3.8, 4) is 11.5 Å². The van der Waals surface area contributed by atoms with Crippen LogP contribution >= 0.6 is 11.3 Å². The molecule has 1 aliphatic heterocycles. The number of hydrogen-bond acceptors (Lipinski definition) is 7. The van der Waals surface area contributed by atoms with Crippen LogP contribution in [0.5, 0.6) is 11.5 Å². The van der Waals surface area contributed by atoms with Crippen molar-refractivity contribution in [1.82, 2.24) is 4.90 Å². The number of methoxy groups -OCH3 is 1. The van der Waals surface area contributed by atoms with Crippen LogP contribution in [0.15, 0.2) is 78.0 Å². The van der Waals surface area contributed by atoms with E-state index in [1.165, 1.54) is 24.3 Å². The number of nitrogens with zero attached hydrogens (tertiary/aromatic N) is 1. The first-order chi connectivity index (χ1) is 21.4. The lowest BCUT2D eigenvalue weighted by Crippen LogP contribution is -2.49. The van der Waals surface area contributed by atoms with E-state index in [4.69, 9.17) is 18.6 Å². The van der Waals surface area contributed by atoms with Crippen molar-refractivity contribution < 1.29 is 28.2 Å². The summed E-state index contributed by atoms with van der Waals surface area (Å²) in [6.07, 6.45) is 3.61. The molecule has 1 aromatic heterocycles. The molecule has 2 heterocycles. The molecule has 0 spiro atoms. The highest BCUT2D eigenvalue weighted by atomic mass is 32.1. The van der Waals surface area contributed by atoms with Crippen molar-refractivity contribution in [2.24, 2.45) is 0 Å². The van der Waals surface area contributed by atoms with Crippen LogP contribution in [-0.4, -0.2) is 58.1 Å². The van der Waals surface area contributed by atoms with E-state index in [2.05, 4.69) is 68.7 Å². The molecule has 0 bridgehead atoms. The SMILES string of the molecule is C=CCOC(=O)Nc1cc(OCc2ccccc2)c(OC)cc1C(=O)N1CCC(c2ccsc2)=C[C@H]1CO[Si](C)(C)C(C)(C)C. The zero-order valence-electron chi connectivity index (χ0n) is 27.1. The standard InChI is InChI=1S/C35H44N2O6SSi/c1-8-17-41-34(39)36-30-21-32(42-22-25-12-10-9-11-13-25)31(40-5)20-29(30)33(38)37-16-14-26(27-15-18-44-24-27)19-28(37)23-43-45(6,7)35(2,3)4/h8-13,15,18-21,24,28H,1,14,16-17,22-23H2,2-7H3,(H,36,39)/t28-/m0/s1. The number of benzene rings is 2. The molecule has 0 unspecified atom stereocenters. The molecule has 1 aliphatic rings. The van der Waals surface area contributed by atoms with Gasteiger partial charge in [-0.05, 0) is 64.1 Å². The number of carbonyl (C=O) groups is 2. The molecule has 0 radical (unpaired) electrons. The Labute approximate surface area is 271 Å². The third-order valence-corrected chi connectivity index (χ3v) is 13.5. The topological polar surface area (TPSA) is 86.3 Å². The van der Waals surface area contributed by atoms with Gasteiger partial charge in [0.15, 0.2) is 19.8 Å². The maximum absolute atomic E-state index is 14.4. The predicted octanol–water partition coefficient (Wildman–Crippen LogP) is 8.39. The van der Waals surface area contributed by atoms with Gasteiger partial charge in [-0.15, -0.1) is 0 Å². The number of rotatable bonds is 12. The molecule has 240 valence electrons. The molecule has 2 aromatic carbocycles. The van der Waals surface area contributed by atoms with E-state index in [9.17, 15) is 9.59 Å². The Morgan fingerprint density at radius 1 is 1.13 bits per heavy atom. The molecule has 2 amide bonds. The number of carbonyl (C=O) groups excluding carboxylic acids is 2. The smallest absolute Gasteiger partial charge is 0.411 e. The van der Waals surface area contributed by atoms with Crippen LogP contribution in [0.4, 0.5) is 10.5 Å². The second-order valence-electron chi connectivity index (χ2n) is 12.4. The zero-order valence-corrected chi connectivity index (χ0v) is 28.9. The monoisotopic (exact) mass is 648 g/mol.